The molecule has 2 unspecified atom stereocenters. The Morgan fingerprint density at radius 3 is 3.00 bits per heavy atom. The molecule has 4 nitrogen and oxygen atoms in total. The molecule has 4 heteroatoms. The number of hydrogen-bond donors (Lipinski definition) is 1. The van der Waals surface area contributed by atoms with Gasteiger partial charge >= 0.3 is 0 Å². The summed E-state index contributed by atoms with van der Waals surface area (Å²) in [4.78, 5) is 6.42. The highest BCUT2D eigenvalue weighted by atomic mass is 16.3. The molecule has 17 heavy (non-hydrogen) atoms. The number of anilines is 1. The molecule has 0 radical (unpaired) electrons. The average Bonchev–Trinajstić information content (AvgIpc) is 2.32. The number of aliphatic hydroxyl groups is 1. The number of hydrogen-bond acceptors (Lipinski definition) is 4. The number of nitrogens with zero attached hydrogens (tertiary/aromatic N) is 3. The van der Waals surface area contributed by atoms with Crippen molar-refractivity contribution in [2.75, 3.05) is 18.0 Å². The van der Waals surface area contributed by atoms with E-state index in [0.29, 0.717) is 5.56 Å². The Bertz CT molecular complexity index is 452. The van der Waals surface area contributed by atoms with Gasteiger partial charge in [0.25, 0.3) is 0 Å². The maximum absolute atomic E-state index is 9.71. The monoisotopic (exact) mass is 231 g/mol. The van der Waals surface area contributed by atoms with E-state index in [9.17, 15) is 10.4 Å². The van der Waals surface area contributed by atoms with Gasteiger partial charge in [0.15, 0.2) is 0 Å². The fourth-order valence-corrected chi connectivity index (χ4v) is 2.25. The van der Waals surface area contributed by atoms with Crippen LogP contribution in [0.25, 0.3) is 0 Å². The minimum Gasteiger partial charge on any atom is -0.393 e. The van der Waals surface area contributed by atoms with Gasteiger partial charge in [0.1, 0.15) is 11.9 Å². The zero-order chi connectivity index (χ0) is 12.4. The number of pyridine rings is 1. The van der Waals surface area contributed by atoms with Crippen LogP contribution >= 0.6 is 0 Å². The van der Waals surface area contributed by atoms with Gasteiger partial charge in [0.2, 0.25) is 0 Å². The molecule has 0 amide bonds. The first-order valence-electron chi connectivity index (χ1n) is 5.92. The third kappa shape index (κ3) is 2.25. The number of aromatic nitrogens is 1. The van der Waals surface area contributed by atoms with Gasteiger partial charge in [-0.3, -0.25) is 0 Å². The zero-order valence-corrected chi connectivity index (χ0v) is 10.2. The van der Waals surface area contributed by atoms with Crippen molar-refractivity contribution in [3.05, 3.63) is 23.4 Å². The van der Waals surface area contributed by atoms with Crippen molar-refractivity contribution >= 4 is 5.82 Å². The Morgan fingerprint density at radius 1 is 1.59 bits per heavy atom. The number of aliphatic hydroxyl groups excluding tert-OH is 1. The van der Waals surface area contributed by atoms with E-state index in [1.165, 1.54) is 0 Å². The second-order valence-corrected chi connectivity index (χ2v) is 4.72. The highest BCUT2D eigenvalue weighted by Gasteiger charge is 2.26. The van der Waals surface area contributed by atoms with E-state index < -0.39 is 0 Å². The molecule has 1 aromatic heterocycles. The molecule has 1 N–H and O–H groups in total. The molecule has 2 rings (SSSR count). The normalized spacial score (nSPS) is 24.5. The summed E-state index contributed by atoms with van der Waals surface area (Å²) < 4.78 is 0. The van der Waals surface area contributed by atoms with Crippen molar-refractivity contribution in [2.45, 2.75) is 26.4 Å². The van der Waals surface area contributed by atoms with Crippen LogP contribution in [0.4, 0.5) is 5.82 Å². The minimum atomic E-state index is -0.235. The highest BCUT2D eigenvalue weighted by molar-refractivity contribution is 5.57. The first-order valence-corrected chi connectivity index (χ1v) is 5.92. The highest BCUT2D eigenvalue weighted by Crippen LogP contribution is 2.25. The van der Waals surface area contributed by atoms with Gasteiger partial charge in [-0.05, 0) is 30.9 Å². The predicted octanol–water partition coefficient (Wildman–Crippen LogP) is 1.47. The molecule has 0 aliphatic carbocycles. The van der Waals surface area contributed by atoms with Crippen LogP contribution in [-0.4, -0.2) is 29.3 Å². The second-order valence-electron chi connectivity index (χ2n) is 4.72. The van der Waals surface area contributed by atoms with E-state index in [1.54, 1.807) is 6.20 Å². The fraction of sp³-hybridized carbons (Fsp3) is 0.538. The lowest BCUT2D eigenvalue weighted by atomic mass is 9.96. The minimum absolute atomic E-state index is 0.220. The second kappa shape index (κ2) is 4.72. The summed E-state index contributed by atoms with van der Waals surface area (Å²) in [6, 6.07) is 4.07. The van der Waals surface area contributed by atoms with E-state index in [0.717, 1.165) is 30.9 Å². The van der Waals surface area contributed by atoms with Gasteiger partial charge in [-0.2, -0.15) is 5.26 Å². The van der Waals surface area contributed by atoms with Gasteiger partial charge in [-0.15, -0.1) is 0 Å². The number of piperidine rings is 1. The molecule has 2 heterocycles. The van der Waals surface area contributed by atoms with Crippen LogP contribution in [0.5, 0.6) is 0 Å². The molecule has 2 atom stereocenters. The van der Waals surface area contributed by atoms with Gasteiger partial charge in [0, 0.05) is 19.3 Å². The van der Waals surface area contributed by atoms with E-state index >= 15 is 0 Å². The summed E-state index contributed by atoms with van der Waals surface area (Å²) in [6.07, 6.45) is 2.24. The number of nitriles is 1. The molecule has 1 fully saturated rings. The summed E-state index contributed by atoms with van der Waals surface area (Å²) in [6.45, 7) is 5.47. The van der Waals surface area contributed by atoms with Gasteiger partial charge in [0.05, 0.1) is 11.7 Å². The lowest BCUT2D eigenvalue weighted by molar-refractivity contribution is 0.0969. The van der Waals surface area contributed by atoms with Crippen molar-refractivity contribution in [1.29, 1.82) is 5.26 Å². The van der Waals surface area contributed by atoms with Gasteiger partial charge < -0.3 is 10.0 Å². The summed E-state index contributed by atoms with van der Waals surface area (Å²) in [5.74, 6) is 0.976. The van der Waals surface area contributed by atoms with Crippen molar-refractivity contribution in [3.63, 3.8) is 0 Å². The molecule has 1 aliphatic heterocycles. The number of rotatable bonds is 1. The zero-order valence-electron chi connectivity index (χ0n) is 10.2. The summed E-state index contributed by atoms with van der Waals surface area (Å²) in [5.41, 5.74) is 1.60. The maximum atomic E-state index is 9.71. The molecule has 90 valence electrons. The van der Waals surface area contributed by atoms with E-state index in [1.807, 2.05) is 19.9 Å². The molecule has 1 saturated heterocycles. The Kier molecular flexibility index (Phi) is 3.30. The Labute approximate surface area is 102 Å². The Balaban J connectivity index is 2.29. The smallest absolute Gasteiger partial charge is 0.146 e. The van der Waals surface area contributed by atoms with Crippen molar-refractivity contribution in [2.24, 2.45) is 5.92 Å². The molecule has 1 aromatic rings. The van der Waals surface area contributed by atoms with Gasteiger partial charge in [-0.1, -0.05) is 6.92 Å². The molecular weight excluding hydrogens is 214 g/mol. The summed E-state index contributed by atoms with van der Waals surface area (Å²) >= 11 is 0. The quantitative estimate of drug-likeness (QED) is 0.795. The van der Waals surface area contributed by atoms with Crippen LogP contribution in [0.3, 0.4) is 0 Å². The first-order chi connectivity index (χ1) is 8.13. The standard InChI is InChI=1S/C13H17N3O/c1-9-3-5-15-13(11(9)7-14)16-6-4-12(17)10(2)8-16/h3,5,10,12,17H,4,6,8H2,1-2H3. The summed E-state index contributed by atoms with van der Waals surface area (Å²) in [5, 5.41) is 18.9. The van der Waals surface area contributed by atoms with E-state index in [4.69, 9.17) is 0 Å². The van der Waals surface area contributed by atoms with Crippen LogP contribution < -0.4 is 4.90 Å². The van der Waals surface area contributed by atoms with E-state index in [-0.39, 0.29) is 12.0 Å². The molecule has 0 spiro atoms. The largest absolute Gasteiger partial charge is 0.393 e. The predicted molar refractivity (Wildman–Crippen MR) is 65.7 cm³/mol. The lowest BCUT2D eigenvalue weighted by Gasteiger charge is -2.35. The molecule has 1 aliphatic rings. The SMILES string of the molecule is Cc1ccnc(N2CCC(O)C(C)C2)c1C#N. The summed E-state index contributed by atoms with van der Waals surface area (Å²) in [7, 11) is 0. The van der Waals surface area contributed by atoms with Crippen molar-refractivity contribution in [1.82, 2.24) is 4.98 Å². The van der Waals surface area contributed by atoms with Crippen LogP contribution in [0.1, 0.15) is 24.5 Å². The van der Waals surface area contributed by atoms with Crippen molar-refractivity contribution in [3.8, 4) is 6.07 Å². The average molecular weight is 231 g/mol. The van der Waals surface area contributed by atoms with Crippen LogP contribution in [-0.2, 0) is 0 Å². The maximum Gasteiger partial charge on any atom is 0.146 e. The Morgan fingerprint density at radius 2 is 2.35 bits per heavy atom. The number of aryl methyl sites for hydroxylation is 1. The molecular formula is C13H17N3O. The molecule has 0 aromatic carbocycles. The fourth-order valence-electron chi connectivity index (χ4n) is 2.25. The third-order valence-corrected chi connectivity index (χ3v) is 3.41. The van der Waals surface area contributed by atoms with Crippen LogP contribution in [0.2, 0.25) is 0 Å². The van der Waals surface area contributed by atoms with Crippen LogP contribution in [0.15, 0.2) is 12.3 Å². The van der Waals surface area contributed by atoms with Crippen molar-refractivity contribution < 1.29 is 5.11 Å². The first kappa shape index (κ1) is 11.9. The van der Waals surface area contributed by atoms with E-state index in [2.05, 4.69) is 16.0 Å². The topological polar surface area (TPSA) is 60.1 Å². The third-order valence-electron chi connectivity index (χ3n) is 3.41. The molecule has 0 saturated carbocycles. The Hall–Kier alpha value is -1.60. The van der Waals surface area contributed by atoms with Gasteiger partial charge in [-0.25, -0.2) is 4.98 Å². The lowest BCUT2D eigenvalue weighted by Crippen LogP contribution is -2.42. The van der Waals surface area contributed by atoms with Crippen LogP contribution in [0, 0.1) is 24.2 Å². The molecule has 0 bridgehead atoms.